The quantitative estimate of drug-likeness (QED) is 0.580. The molecule has 1 aliphatic rings. The van der Waals surface area contributed by atoms with Crippen LogP contribution in [0, 0.1) is 41.5 Å². The van der Waals surface area contributed by atoms with Crippen LogP contribution in [0.2, 0.25) is 0 Å². The molecule has 4 rings (SSSR count). The number of hydrogen-bond donors (Lipinski definition) is 0. The van der Waals surface area contributed by atoms with Crippen LogP contribution in [0.5, 0.6) is 0 Å². The molecule has 0 fully saturated rings. The second kappa shape index (κ2) is 7.27. The van der Waals surface area contributed by atoms with Gasteiger partial charge in [0.25, 0.3) is 0 Å². The van der Waals surface area contributed by atoms with Crippen LogP contribution in [-0.2, 0) is 0 Å². The van der Waals surface area contributed by atoms with E-state index in [1.54, 1.807) is 0 Å². The molecule has 0 aromatic heterocycles. The third kappa shape index (κ3) is 2.88. The Morgan fingerprint density at radius 3 is 1.53 bits per heavy atom. The van der Waals surface area contributed by atoms with Gasteiger partial charge in [0.2, 0.25) is 0 Å². The van der Waals surface area contributed by atoms with Gasteiger partial charge in [0.1, 0.15) is 6.21 Å². The topological polar surface area (TPSA) is 3.01 Å². The van der Waals surface area contributed by atoms with E-state index in [4.69, 9.17) is 0 Å². The fourth-order valence-corrected chi connectivity index (χ4v) is 6.49. The minimum atomic E-state index is -1.28. The molecule has 0 N–H and O–H groups in total. The van der Waals surface area contributed by atoms with Gasteiger partial charge >= 0.3 is 6.28 Å². The minimum Gasteiger partial charge on any atom is -0.443 e. The second-order valence-electron chi connectivity index (χ2n) is 9.74. The molecule has 2 heteroatoms. The second-order valence-corrected chi connectivity index (χ2v) is 9.74. The number of hydrogen-bond acceptors (Lipinski definition) is 0. The van der Waals surface area contributed by atoms with Crippen LogP contribution in [0.4, 0.5) is 0 Å². The van der Waals surface area contributed by atoms with Crippen molar-refractivity contribution in [2.24, 2.45) is 0 Å². The molecule has 0 saturated heterocycles. The molecule has 0 unspecified atom stereocenters. The van der Waals surface area contributed by atoms with Crippen molar-refractivity contribution in [2.75, 3.05) is 0 Å². The lowest BCUT2D eigenvalue weighted by Crippen LogP contribution is -2.75. The van der Waals surface area contributed by atoms with Crippen LogP contribution in [0.3, 0.4) is 0 Å². The number of rotatable bonds is 3. The molecule has 1 heterocycles. The van der Waals surface area contributed by atoms with E-state index in [0.29, 0.717) is 6.04 Å². The Kier molecular flexibility index (Phi) is 5.00. The van der Waals surface area contributed by atoms with Crippen LogP contribution in [0.25, 0.3) is 0 Å². The first-order valence-corrected chi connectivity index (χ1v) is 11.2. The number of aryl methyl sites for hydroxylation is 6. The number of nitrogens with zero attached hydrogens (tertiary/aromatic N) is 1. The van der Waals surface area contributed by atoms with E-state index in [1.165, 1.54) is 55.3 Å². The molecule has 0 amide bonds. The standard InChI is InChI=1S/C28H34BN/c1-18(2)30-17-25-11-9-10-12-26(25)29(30,27-21(5)13-19(3)14-22(27)6)28-23(7)15-20(4)16-24(28)8/h9-18H,1-8H3. The van der Waals surface area contributed by atoms with E-state index in [2.05, 4.69) is 115 Å². The van der Waals surface area contributed by atoms with Crippen molar-refractivity contribution in [3.63, 3.8) is 0 Å². The molecule has 30 heavy (non-hydrogen) atoms. The molecule has 3 aromatic carbocycles. The summed E-state index contributed by atoms with van der Waals surface area (Å²) in [6.07, 6.45) is 1.14. The monoisotopic (exact) mass is 395 g/mol. The van der Waals surface area contributed by atoms with Crippen LogP contribution >= 0.6 is 0 Å². The Balaban J connectivity index is 2.27. The predicted octanol–water partition coefficient (Wildman–Crippen LogP) is 4.36. The summed E-state index contributed by atoms with van der Waals surface area (Å²) in [6.45, 7) is 18.3. The average molecular weight is 395 g/mol. The largest absolute Gasteiger partial charge is 0.443 e. The molecule has 1 aliphatic heterocycles. The highest BCUT2D eigenvalue weighted by Crippen LogP contribution is 2.25. The summed E-state index contributed by atoms with van der Waals surface area (Å²) in [5.41, 5.74) is 14.0. The van der Waals surface area contributed by atoms with Crippen molar-refractivity contribution in [3.8, 4) is 0 Å². The highest BCUT2D eigenvalue weighted by atomic mass is 15.0. The third-order valence-corrected chi connectivity index (χ3v) is 7.09. The number of benzene rings is 3. The van der Waals surface area contributed by atoms with Gasteiger partial charge in [-0.1, -0.05) is 81.9 Å². The Morgan fingerprint density at radius 2 is 1.10 bits per heavy atom. The molecule has 0 saturated carbocycles. The lowest BCUT2D eigenvalue weighted by atomic mass is 9.22. The first-order chi connectivity index (χ1) is 14.2. The van der Waals surface area contributed by atoms with Crippen molar-refractivity contribution in [1.82, 2.24) is 0 Å². The summed E-state index contributed by atoms with van der Waals surface area (Å²) in [4.78, 5) is 0. The normalized spacial score (nSPS) is 14.8. The molecular weight excluding hydrogens is 361 g/mol. The van der Waals surface area contributed by atoms with Crippen LogP contribution in [0.15, 0.2) is 48.5 Å². The van der Waals surface area contributed by atoms with Crippen molar-refractivity contribution in [2.45, 2.75) is 61.4 Å². The van der Waals surface area contributed by atoms with Crippen LogP contribution < -0.4 is 16.4 Å². The summed E-state index contributed by atoms with van der Waals surface area (Å²) < 4.78 is 2.67. The highest BCUT2D eigenvalue weighted by molar-refractivity contribution is 7.08. The average Bonchev–Trinajstić information content (AvgIpc) is 2.96. The Hall–Kier alpha value is -2.61. The van der Waals surface area contributed by atoms with E-state index in [0.717, 1.165) is 0 Å². The molecule has 1 nitrogen and oxygen atoms in total. The molecule has 154 valence electrons. The Labute approximate surface area is 182 Å². The smallest absolute Gasteiger partial charge is 0.357 e. The van der Waals surface area contributed by atoms with Crippen LogP contribution in [-0.4, -0.2) is 23.0 Å². The Morgan fingerprint density at radius 1 is 0.667 bits per heavy atom. The number of fused-ring (bicyclic) bond motifs is 1. The zero-order chi connectivity index (χ0) is 21.8. The maximum atomic E-state index is 2.67. The molecule has 3 aromatic rings. The summed E-state index contributed by atoms with van der Waals surface area (Å²) in [7, 11) is 0. The van der Waals surface area contributed by atoms with Gasteiger partial charge in [-0.05, 0) is 55.4 Å². The van der Waals surface area contributed by atoms with Gasteiger partial charge in [-0.2, -0.15) is 0 Å². The lowest BCUT2D eigenvalue weighted by molar-refractivity contribution is -0.422. The van der Waals surface area contributed by atoms with Gasteiger partial charge in [-0.3, -0.25) is 0 Å². The van der Waals surface area contributed by atoms with Crippen LogP contribution in [0.1, 0.15) is 52.8 Å². The van der Waals surface area contributed by atoms with E-state index < -0.39 is 6.28 Å². The molecule has 0 bridgehead atoms. The van der Waals surface area contributed by atoms with Gasteiger partial charge in [0.15, 0.2) is 0 Å². The summed E-state index contributed by atoms with van der Waals surface area (Å²) >= 11 is 0. The van der Waals surface area contributed by atoms with Crippen molar-refractivity contribution in [3.05, 3.63) is 87.5 Å². The molecular formula is C28H34BN. The van der Waals surface area contributed by atoms with Crippen molar-refractivity contribution < 1.29 is 4.49 Å². The predicted molar refractivity (Wildman–Crippen MR) is 133 cm³/mol. The van der Waals surface area contributed by atoms with E-state index in [1.807, 2.05) is 0 Å². The maximum absolute atomic E-state index is 2.67. The lowest BCUT2D eigenvalue weighted by Gasteiger charge is -2.42. The van der Waals surface area contributed by atoms with Gasteiger partial charge in [-0.15, -0.1) is 16.4 Å². The fraction of sp³-hybridized carbons (Fsp3) is 0.321. The fourth-order valence-electron chi connectivity index (χ4n) is 6.49. The minimum absolute atomic E-state index is 0.387. The van der Waals surface area contributed by atoms with Gasteiger partial charge in [-0.25, -0.2) is 0 Å². The summed E-state index contributed by atoms with van der Waals surface area (Å²) in [6, 6.07) is 18.9. The summed E-state index contributed by atoms with van der Waals surface area (Å²) in [5, 5.41) is 0. The third-order valence-electron chi connectivity index (χ3n) is 7.09. The first-order valence-electron chi connectivity index (χ1n) is 11.2. The van der Waals surface area contributed by atoms with E-state index in [-0.39, 0.29) is 0 Å². The maximum Gasteiger partial charge on any atom is 0.357 e. The zero-order valence-electron chi connectivity index (χ0n) is 19.8. The van der Waals surface area contributed by atoms with Gasteiger partial charge in [0.05, 0.1) is 6.04 Å². The molecule has 0 atom stereocenters. The first kappa shape index (κ1) is 20.7. The van der Waals surface area contributed by atoms with Gasteiger partial charge < -0.3 is 4.49 Å². The summed E-state index contributed by atoms with van der Waals surface area (Å²) in [5.74, 6) is 0. The Bertz CT molecular complexity index is 1080. The highest BCUT2D eigenvalue weighted by Gasteiger charge is 2.51. The zero-order valence-corrected chi connectivity index (χ0v) is 19.8. The van der Waals surface area contributed by atoms with E-state index >= 15 is 0 Å². The van der Waals surface area contributed by atoms with E-state index in [9.17, 15) is 0 Å². The van der Waals surface area contributed by atoms with Gasteiger partial charge in [0, 0.05) is 5.56 Å². The van der Waals surface area contributed by atoms with Crippen molar-refractivity contribution in [1.29, 1.82) is 0 Å². The van der Waals surface area contributed by atoms with Crippen molar-refractivity contribution >= 4 is 28.9 Å². The molecule has 0 aliphatic carbocycles. The SMILES string of the molecule is Cc1cc(C)c([B-]2(c3c(C)cc(C)cc3C)c3ccccc3C=[N+]2C(C)C)c(C)c1. The molecule has 0 spiro atoms. The molecule has 0 radical (unpaired) electrons.